The number of rotatable bonds is 8. The van der Waals surface area contributed by atoms with Gasteiger partial charge in [0.2, 0.25) is 5.91 Å². The Labute approximate surface area is 166 Å². The number of aromatic nitrogens is 2. The predicted octanol–water partition coefficient (Wildman–Crippen LogP) is 3.21. The van der Waals surface area contributed by atoms with E-state index < -0.39 is 0 Å². The van der Waals surface area contributed by atoms with Crippen LogP contribution in [0.1, 0.15) is 34.6 Å². The average molecular weight is 400 g/mol. The van der Waals surface area contributed by atoms with Crippen LogP contribution < -0.4 is 10.6 Å². The number of hydrogen-bond acceptors (Lipinski definition) is 4. The zero-order valence-corrected chi connectivity index (χ0v) is 16.3. The molecule has 0 aliphatic carbocycles. The molecular formula is C20H21FN4O2S. The molecule has 3 rings (SSSR count). The number of hydrogen-bond donors (Lipinski definition) is 2. The monoisotopic (exact) mass is 400 g/mol. The van der Waals surface area contributed by atoms with Crippen molar-refractivity contribution in [2.45, 2.75) is 26.3 Å². The van der Waals surface area contributed by atoms with Gasteiger partial charge in [0.1, 0.15) is 11.6 Å². The number of amides is 2. The molecule has 0 spiro atoms. The van der Waals surface area contributed by atoms with Crippen LogP contribution in [0.3, 0.4) is 0 Å². The van der Waals surface area contributed by atoms with Crippen molar-refractivity contribution in [3.05, 3.63) is 70.2 Å². The lowest BCUT2D eigenvalue weighted by Gasteiger charge is -2.10. The van der Waals surface area contributed by atoms with Crippen molar-refractivity contribution in [1.82, 2.24) is 20.2 Å². The zero-order valence-electron chi connectivity index (χ0n) is 15.4. The number of carbonyl (C=O) groups is 2. The van der Waals surface area contributed by atoms with E-state index in [-0.39, 0.29) is 24.2 Å². The van der Waals surface area contributed by atoms with E-state index in [1.54, 1.807) is 47.5 Å². The maximum atomic E-state index is 14.4. The molecule has 1 aromatic carbocycles. The summed E-state index contributed by atoms with van der Waals surface area (Å²) in [7, 11) is 0. The molecule has 0 radical (unpaired) electrons. The molecule has 0 saturated heterocycles. The van der Waals surface area contributed by atoms with Gasteiger partial charge >= 0.3 is 0 Å². The molecule has 0 atom stereocenters. The predicted molar refractivity (Wildman–Crippen MR) is 106 cm³/mol. The Morgan fingerprint density at radius 1 is 1.25 bits per heavy atom. The first-order chi connectivity index (χ1) is 13.5. The quantitative estimate of drug-likeness (QED) is 0.570. The zero-order chi connectivity index (χ0) is 19.9. The number of benzene rings is 1. The van der Waals surface area contributed by atoms with Gasteiger partial charge in [-0.05, 0) is 42.5 Å². The Morgan fingerprint density at radius 3 is 2.79 bits per heavy atom. The molecule has 8 heteroatoms. The van der Waals surface area contributed by atoms with Gasteiger partial charge in [-0.25, -0.2) is 9.37 Å². The molecule has 2 amide bonds. The normalized spacial score (nSPS) is 10.6. The molecule has 0 aliphatic rings. The Kier molecular flexibility index (Phi) is 6.54. The number of carbonyl (C=O) groups excluding carboxylic acids is 2. The summed E-state index contributed by atoms with van der Waals surface area (Å²) in [5.41, 5.74) is 1.73. The molecule has 2 heterocycles. The minimum absolute atomic E-state index is 0.134. The lowest BCUT2D eigenvalue weighted by molar-refractivity contribution is -0.121. The van der Waals surface area contributed by atoms with Crippen LogP contribution in [0.25, 0.3) is 5.69 Å². The molecule has 28 heavy (non-hydrogen) atoms. The molecule has 0 fully saturated rings. The smallest absolute Gasteiger partial charge is 0.252 e. The van der Waals surface area contributed by atoms with Gasteiger partial charge in [-0.3, -0.25) is 9.59 Å². The van der Waals surface area contributed by atoms with Crippen molar-refractivity contribution in [3.63, 3.8) is 0 Å². The third kappa shape index (κ3) is 5.04. The highest BCUT2D eigenvalue weighted by atomic mass is 32.1. The second-order valence-electron chi connectivity index (χ2n) is 6.28. The van der Waals surface area contributed by atoms with Gasteiger partial charge < -0.3 is 15.2 Å². The highest BCUT2D eigenvalue weighted by Gasteiger charge is 2.09. The second kappa shape index (κ2) is 9.27. The summed E-state index contributed by atoms with van der Waals surface area (Å²) in [4.78, 5) is 27.8. The van der Waals surface area contributed by atoms with E-state index in [0.29, 0.717) is 42.0 Å². The van der Waals surface area contributed by atoms with Gasteiger partial charge in [-0.1, -0.05) is 6.07 Å². The summed E-state index contributed by atoms with van der Waals surface area (Å²) in [6.07, 6.45) is 4.14. The molecule has 2 aromatic heterocycles. The Bertz CT molecular complexity index is 953. The van der Waals surface area contributed by atoms with Crippen molar-refractivity contribution in [1.29, 1.82) is 0 Å². The molecule has 0 bridgehead atoms. The lowest BCUT2D eigenvalue weighted by Crippen LogP contribution is -2.27. The average Bonchev–Trinajstić information content (AvgIpc) is 3.35. The third-order valence-electron chi connectivity index (χ3n) is 4.24. The van der Waals surface area contributed by atoms with Crippen LogP contribution in [-0.4, -0.2) is 27.9 Å². The molecular weight excluding hydrogens is 379 g/mol. The lowest BCUT2D eigenvalue weighted by atomic mass is 10.2. The standard InChI is InChI=1S/C20H21FN4O2S/c1-14-22-8-9-25(14)18-5-4-15(11-17(18)21)12-24-19(26)3-2-7-23-20(27)16-6-10-28-13-16/h4-6,8-11,13H,2-3,7,12H2,1H3,(H,23,27)(H,24,26). The van der Waals surface area contributed by atoms with E-state index in [1.165, 1.54) is 17.4 Å². The van der Waals surface area contributed by atoms with Gasteiger partial charge in [0.15, 0.2) is 0 Å². The van der Waals surface area contributed by atoms with E-state index >= 15 is 0 Å². The number of nitrogens with zero attached hydrogens (tertiary/aromatic N) is 2. The van der Waals surface area contributed by atoms with Crippen LogP contribution >= 0.6 is 11.3 Å². The van der Waals surface area contributed by atoms with Crippen molar-refractivity contribution in [2.24, 2.45) is 0 Å². The molecule has 3 aromatic rings. The first-order valence-corrected chi connectivity index (χ1v) is 9.84. The van der Waals surface area contributed by atoms with Gasteiger partial charge in [0.05, 0.1) is 5.69 Å². The van der Waals surface area contributed by atoms with Gasteiger partial charge in [0, 0.05) is 42.8 Å². The van der Waals surface area contributed by atoms with Gasteiger partial charge in [-0.15, -0.1) is 0 Å². The van der Waals surface area contributed by atoms with Crippen molar-refractivity contribution in [2.75, 3.05) is 6.54 Å². The van der Waals surface area contributed by atoms with Crippen LogP contribution in [0.4, 0.5) is 4.39 Å². The number of halogens is 1. The minimum Gasteiger partial charge on any atom is -0.352 e. The first-order valence-electron chi connectivity index (χ1n) is 8.90. The van der Waals surface area contributed by atoms with Crippen LogP contribution in [0.2, 0.25) is 0 Å². The maximum absolute atomic E-state index is 14.4. The molecule has 0 unspecified atom stereocenters. The minimum atomic E-state index is -0.371. The van der Waals surface area contributed by atoms with E-state index in [9.17, 15) is 14.0 Å². The SMILES string of the molecule is Cc1nccn1-c1ccc(CNC(=O)CCCNC(=O)c2ccsc2)cc1F. The molecule has 6 nitrogen and oxygen atoms in total. The number of nitrogens with one attached hydrogen (secondary N) is 2. The maximum Gasteiger partial charge on any atom is 0.252 e. The number of aryl methyl sites for hydroxylation is 1. The highest BCUT2D eigenvalue weighted by molar-refractivity contribution is 7.08. The van der Waals surface area contributed by atoms with Crippen molar-refractivity contribution < 1.29 is 14.0 Å². The fourth-order valence-electron chi connectivity index (χ4n) is 2.72. The Morgan fingerprint density at radius 2 is 2.11 bits per heavy atom. The van der Waals surface area contributed by atoms with Crippen LogP contribution in [0.15, 0.2) is 47.4 Å². The topological polar surface area (TPSA) is 76.0 Å². The number of thiophene rings is 1. The van der Waals surface area contributed by atoms with E-state index in [4.69, 9.17) is 0 Å². The fraction of sp³-hybridized carbons (Fsp3) is 0.250. The second-order valence-corrected chi connectivity index (χ2v) is 7.06. The molecule has 0 saturated carbocycles. The summed E-state index contributed by atoms with van der Waals surface area (Å²) in [5, 5.41) is 9.17. The largest absolute Gasteiger partial charge is 0.352 e. The van der Waals surface area contributed by atoms with Crippen molar-refractivity contribution in [3.8, 4) is 5.69 Å². The Hall–Kier alpha value is -3.00. The van der Waals surface area contributed by atoms with Gasteiger partial charge in [0.25, 0.3) is 5.91 Å². The molecule has 146 valence electrons. The van der Waals surface area contributed by atoms with Crippen LogP contribution in [0, 0.1) is 12.7 Å². The molecule has 2 N–H and O–H groups in total. The number of imidazole rings is 1. The summed E-state index contributed by atoms with van der Waals surface area (Å²) < 4.78 is 16.0. The summed E-state index contributed by atoms with van der Waals surface area (Å²) in [5.74, 6) is 0.0557. The fourth-order valence-corrected chi connectivity index (χ4v) is 3.36. The van der Waals surface area contributed by atoms with Crippen LogP contribution in [0.5, 0.6) is 0 Å². The van der Waals surface area contributed by atoms with Gasteiger partial charge in [-0.2, -0.15) is 11.3 Å². The Balaban J connectivity index is 1.41. The third-order valence-corrected chi connectivity index (χ3v) is 4.92. The van der Waals surface area contributed by atoms with E-state index in [2.05, 4.69) is 15.6 Å². The molecule has 0 aliphatic heterocycles. The summed E-state index contributed by atoms with van der Waals surface area (Å²) >= 11 is 1.46. The first kappa shape index (κ1) is 19.8. The summed E-state index contributed by atoms with van der Waals surface area (Å²) in [6.45, 7) is 2.48. The van der Waals surface area contributed by atoms with Crippen LogP contribution in [-0.2, 0) is 11.3 Å². The summed E-state index contributed by atoms with van der Waals surface area (Å²) in [6, 6.07) is 6.62. The highest BCUT2D eigenvalue weighted by Crippen LogP contribution is 2.16. The van der Waals surface area contributed by atoms with E-state index in [1.807, 2.05) is 5.38 Å². The van der Waals surface area contributed by atoms with E-state index in [0.717, 1.165) is 0 Å². The van der Waals surface area contributed by atoms with Crippen molar-refractivity contribution >= 4 is 23.2 Å².